The molecule has 0 aromatic rings. The molecule has 0 saturated carbocycles. The Hall–Kier alpha value is 0.600. The number of hydrogen-bond acceptors (Lipinski definition) is 2. The molecule has 0 aliphatic rings. The number of hydrogen-bond donors (Lipinski definition) is 1. The van der Waals surface area contributed by atoms with Crippen molar-refractivity contribution in [2.24, 2.45) is 0 Å². The van der Waals surface area contributed by atoms with Crippen molar-refractivity contribution in [2.45, 2.75) is 5.50 Å². The molecule has 1 unspecified atom stereocenters. The maximum atomic E-state index is 5.65. The molecule has 0 heterocycles. The lowest BCUT2D eigenvalue weighted by Gasteiger charge is -2.13. The molecule has 3 heteroatoms. The highest BCUT2D eigenvalue weighted by Gasteiger charge is 2.00. The highest BCUT2D eigenvalue weighted by Crippen LogP contribution is 1.99. The molecule has 0 rings (SSSR count). The van der Waals surface area contributed by atoms with Crippen molar-refractivity contribution in [1.29, 1.82) is 0 Å². The molecule has 0 saturated heterocycles. The maximum absolute atomic E-state index is 5.65. The van der Waals surface area contributed by atoms with E-state index in [4.69, 9.17) is 11.6 Å². The molecule has 1 nitrogen and oxygen atoms in total. The summed E-state index contributed by atoms with van der Waals surface area (Å²) in [4.78, 5) is 1.91. The van der Waals surface area contributed by atoms with Gasteiger partial charge in [0.05, 0.1) is 5.50 Å². The molecule has 7 heavy (non-hydrogen) atoms. The molecule has 0 bridgehead atoms. The van der Waals surface area contributed by atoms with E-state index in [1.807, 2.05) is 19.0 Å². The predicted molar refractivity (Wildman–Crippen MR) is 37.2 cm³/mol. The highest BCUT2D eigenvalue weighted by atomic mass is 35.5. The summed E-state index contributed by atoms with van der Waals surface area (Å²) < 4.78 is 0. The van der Waals surface area contributed by atoms with Gasteiger partial charge in [0, 0.05) is 5.75 Å². The molecular weight excluding hydrogens is 130 g/mol. The van der Waals surface area contributed by atoms with Crippen molar-refractivity contribution in [3.05, 3.63) is 0 Å². The summed E-state index contributed by atoms with van der Waals surface area (Å²) in [6.45, 7) is 0. The summed E-state index contributed by atoms with van der Waals surface area (Å²) in [5.41, 5.74) is 0.0725. The third-order valence-electron chi connectivity index (χ3n) is 0.711. The molecule has 0 aromatic heterocycles. The van der Waals surface area contributed by atoms with Crippen LogP contribution < -0.4 is 0 Å². The molecule has 0 N–H and O–H groups in total. The van der Waals surface area contributed by atoms with Gasteiger partial charge in [-0.3, -0.25) is 4.90 Å². The van der Waals surface area contributed by atoms with Crippen LogP contribution in [0.15, 0.2) is 0 Å². The predicted octanol–water partition coefficient (Wildman–Crippen LogP) is 1.04. The van der Waals surface area contributed by atoms with Crippen LogP contribution in [0.25, 0.3) is 0 Å². The molecule has 0 aliphatic carbocycles. The second-order valence-electron chi connectivity index (χ2n) is 1.58. The lowest BCUT2D eigenvalue weighted by atomic mass is 10.7. The number of alkyl halides is 1. The lowest BCUT2D eigenvalue weighted by Crippen LogP contribution is -2.23. The van der Waals surface area contributed by atoms with Crippen molar-refractivity contribution in [3.8, 4) is 0 Å². The fourth-order valence-electron chi connectivity index (χ4n) is 0.163. The molecule has 44 valence electrons. The first kappa shape index (κ1) is 7.60. The van der Waals surface area contributed by atoms with E-state index in [-0.39, 0.29) is 5.50 Å². The van der Waals surface area contributed by atoms with Crippen molar-refractivity contribution < 1.29 is 0 Å². The van der Waals surface area contributed by atoms with Gasteiger partial charge in [-0.05, 0) is 14.1 Å². The second kappa shape index (κ2) is 3.58. The Bertz CT molecular complexity index is 49.0. The van der Waals surface area contributed by atoms with Crippen LogP contribution in [0, 0.1) is 0 Å². The van der Waals surface area contributed by atoms with E-state index in [9.17, 15) is 0 Å². The summed E-state index contributed by atoms with van der Waals surface area (Å²) in [6, 6.07) is 0. The molecule has 0 aliphatic heterocycles. The van der Waals surface area contributed by atoms with Crippen LogP contribution in [0.3, 0.4) is 0 Å². The van der Waals surface area contributed by atoms with E-state index in [1.54, 1.807) is 0 Å². The topological polar surface area (TPSA) is 3.24 Å². The summed E-state index contributed by atoms with van der Waals surface area (Å²) in [6.07, 6.45) is 0. The molecule has 0 aromatic carbocycles. The first-order valence-electron chi connectivity index (χ1n) is 2.10. The number of nitrogens with zero attached hydrogens (tertiary/aromatic N) is 1. The van der Waals surface area contributed by atoms with E-state index in [0.717, 1.165) is 0 Å². The fourth-order valence-corrected chi connectivity index (χ4v) is 0.490. The van der Waals surface area contributed by atoms with Crippen LogP contribution in [0.1, 0.15) is 0 Å². The largest absolute Gasteiger partial charge is 0.293 e. The van der Waals surface area contributed by atoms with Gasteiger partial charge in [0.2, 0.25) is 0 Å². The Morgan fingerprint density at radius 1 is 1.71 bits per heavy atom. The Balaban J connectivity index is 3.14. The Morgan fingerprint density at radius 3 is 2.14 bits per heavy atom. The third kappa shape index (κ3) is 3.21. The third-order valence-corrected chi connectivity index (χ3v) is 1.82. The van der Waals surface area contributed by atoms with Crippen molar-refractivity contribution >= 4 is 24.2 Å². The average Bonchev–Trinajstić information content (AvgIpc) is 1.65. The smallest absolute Gasteiger partial charge is 0.0934 e. The zero-order chi connectivity index (χ0) is 5.86. The monoisotopic (exact) mass is 139 g/mol. The zero-order valence-corrected chi connectivity index (χ0v) is 6.21. The summed E-state index contributed by atoms with van der Waals surface area (Å²) >= 11 is 9.63. The maximum Gasteiger partial charge on any atom is 0.0934 e. The van der Waals surface area contributed by atoms with Crippen LogP contribution >= 0.6 is 24.2 Å². The Morgan fingerprint density at radius 2 is 2.14 bits per heavy atom. The van der Waals surface area contributed by atoms with Crippen molar-refractivity contribution in [3.63, 3.8) is 0 Å². The van der Waals surface area contributed by atoms with E-state index >= 15 is 0 Å². The van der Waals surface area contributed by atoms with Gasteiger partial charge in [-0.2, -0.15) is 12.6 Å². The molecule has 0 radical (unpaired) electrons. The Kier molecular flexibility index (Phi) is 3.89. The van der Waals surface area contributed by atoms with Crippen LogP contribution in [0.5, 0.6) is 0 Å². The first-order valence-corrected chi connectivity index (χ1v) is 3.16. The standard InChI is InChI=1S/C4H10ClNS/c1-6(2)4(5)3-7/h4,7H,3H2,1-2H3. The van der Waals surface area contributed by atoms with Gasteiger partial charge < -0.3 is 0 Å². The molecule has 1 atom stereocenters. The second-order valence-corrected chi connectivity index (χ2v) is 2.45. The van der Waals surface area contributed by atoms with Gasteiger partial charge >= 0.3 is 0 Å². The minimum atomic E-state index is 0.0725. The fraction of sp³-hybridized carbons (Fsp3) is 1.00. The van der Waals surface area contributed by atoms with Crippen LogP contribution in [-0.4, -0.2) is 30.2 Å². The van der Waals surface area contributed by atoms with E-state index in [2.05, 4.69) is 12.6 Å². The van der Waals surface area contributed by atoms with Crippen LogP contribution in [-0.2, 0) is 0 Å². The number of thiol groups is 1. The van der Waals surface area contributed by atoms with Gasteiger partial charge in [0.25, 0.3) is 0 Å². The number of halogens is 1. The van der Waals surface area contributed by atoms with Gasteiger partial charge in [-0.25, -0.2) is 0 Å². The summed E-state index contributed by atoms with van der Waals surface area (Å²) in [7, 11) is 3.85. The normalized spacial score (nSPS) is 15.0. The number of rotatable bonds is 2. The first-order chi connectivity index (χ1) is 3.18. The quantitative estimate of drug-likeness (QED) is 0.340. The molecular formula is C4H10ClNS. The van der Waals surface area contributed by atoms with Gasteiger partial charge in [0.1, 0.15) is 0 Å². The molecule has 0 fully saturated rings. The minimum Gasteiger partial charge on any atom is -0.293 e. The molecule has 0 spiro atoms. The summed E-state index contributed by atoms with van der Waals surface area (Å²) in [5.74, 6) is 0.703. The minimum absolute atomic E-state index is 0.0725. The van der Waals surface area contributed by atoms with E-state index in [0.29, 0.717) is 5.75 Å². The van der Waals surface area contributed by atoms with Gasteiger partial charge in [-0.1, -0.05) is 0 Å². The lowest BCUT2D eigenvalue weighted by molar-refractivity contribution is 0.401. The summed E-state index contributed by atoms with van der Waals surface area (Å²) in [5, 5.41) is 0. The van der Waals surface area contributed by atoms with E-state index < -0.39 is 0 Å². The average molecular weight is 140 g/mol. The highest BCUT2D eigenvalue weighted by molar-refractivity contribution is 7.80. The van der Waals surface area contributed by atoms with E-state index in [1.165, 1.54) is 0 Å². The van der Waals surface area contributed by atoms with Crippen molar-refractivity contribution in [2.75, 3.05) is 19.8 Å². The van der Waals surface area contributed by atoms with Crippen molar-refractivity contribution in [1.82, 2.24) is 4.90 Å². The molecule has 0 amide bonds. The SMILES string of the molecule is CN(C)C(Cl)CS. The zero-order valence-electron chi connectivity index (χ0n) is 4.56. The van der Waals surface area contributed by atoms with Gasteiger partial charge in [0.15, 0.2) is 0 Å². The van der Waals surface area contributed by atoms with Crippen LogP contribution in [0.2, 0.25) is 0 Å². The van der Waals surface area contributed by atoms with Gasteiger partial charge in [-0.15, -0.1) is 11.6 Å². The Labute approximate surface area is 55.1 Å². The van der Waals surface area contributed by atoms with Crippen LogP contribution in [0.4, 0.5) is 0 Å².